The number of ether oxygens (including phenoxy) is 2. The molecule has 4 rings (SSSR count). The summed E-state index contributed by atoms with van der Waals surface area (Å²) in [6.45, 7) is 10.5. The number of rotatable bonds is 8. The Morgan fingerprint density at radius 2 is 1.97 bits per heavy atom. The lowest BCUT2D eigenvalue weighted by Gasteiger charge is -2.36. The number of aromatic nitrogens is 2. The summed E-state index contributed by atoms with van der Waals surface area (Å²) < 4.78 is 11.7. The number of cyclic esters (lactones) is 1. The second kappa shape index (κ2) is 9.66. The number of pyridine rings is 2. The molecular formula is C27H34N4O3S. The molecule has 0 spiro atoms. The third-order valence-corrected chi connectivity index (χ3v) is 7.21. The number of thioether (sulfide) groups is 1. The van der Waals surface area contributed by atoms with E-state index in [0.717, 1.165) is 40.0 Å². The van der Waals surface area contributed by atoms with E-state index in [9.17, 15) is 4.79 Å². The maximum absolute atomic E-state index is 12.4. The van der Waals surface area contributed by atoms with Crippen LogP contribution in [-0.2, 0) is 10.3 Å². The van der Waals surface area contributed by atoms with Gasteiger partial charge in [0.1, 0.15) is 23.0 Å². The SMILES string of the molecule is CSCCCOc1ccc(C(C)(C)N)c2cc(Nc3ccc4c(n3)C(C)C(C)(C)OC4=O)ncc12. The number of hydrogen-bond donors (Lipinski definition) is 2. The minimum absolute atomic E-state index is 0.0445. The van der Waals surface area contributed by atoms with E-state index in [4.69, 9.17) is 20.2 Å². The van der Waals surface area contributed by atoms with Crippen molar-refractivity contribution < 1.29 is 14.3 Å². The number of carbonyl (C=O) groups excluding carboxylic acids is 1. The zero-order chi connectivity index (χ0) is 25.4. The fourth-order valence-corrected chi connectivity index (χ4v) is 4.65. The first-order valence-corrected chi connectivity index (χ1v) is 13.3. The van der Waals surface area contributed by atoms with E-state index in [1.807, 2.05) is 70.8 Å². The van der Waals surface area contributed by atoms with E-state index in [2.05, 4.69) is 16.6 Å². The molecule has 3 heterocycles. The molecule has 1 aromatic carbocycles. The fourth-order valence-electron chi connectivity index (χ4n) is 4.24. The molecule has 7 nitrogen and oxygen atoms in total. The highest BCUT2D eigenvalue weighted by atomic mass is 32.2. The number of nitrogens with zero attached hydrogens (tertiary/aromatic N) is 2. The highest BCUT2D eigenvalue weighted by Crippen LogP contribution is 2.38. The van der Waals surface area contributed by atoms with Crippen LogP contribution in [0.15, 0.2) is 36.5 Å². The van der Waals surface area contributed by atoms with Crippen molar-refractivity contribution in [3.63, 3.8) is 0 Å². The number of esters is 1. The molecule has 35 heavy (non-hydrogen) atoms. The summed E-state index contributed by atoms with van der Waals surface area (Å²) in [5.41, 5.74) is 7.58. The van der Waals surface area contributed by atoms with Gasteiger partial charge in [0.2, 0.25) is 0 Å². The second-order valence-corrected chi connectivity index (χ2v) is 11.1. The van der Waals surface area contributed by atoms with Crippen LogP contribution in [0, 0.1) is 0 Å². The number of nitrogens with two attached hydrogens (primary N) is 1. The molecule has 0 saturated heterocycles. The van der Waals surface area contributed by atoms with Crippen molar-refractivity contribution in [2.45, 2.75) is 58.1 Å². The van der Waals surface area contributed by atoms with Crippen LogP contribution in [0.3, 0.4) is 0 Å². The molecule has 0 fully saturated rings. The molecule has 3 aromatic rings. The van der Waals surface area contributed by atoms with Crippen molar-refractivity contribution in [3.05, 3.63) is 53.3 Å². The highest BCUT2D eigenvalue weighted by Gasteiger charge is 2.40. The van der Waals surface area contributed by atoms with Crippen LogP contribution in [0.1, 0.15) is 68.6 Å². The first-order chi connectivity index (χ1) is 16.5. The Bertz CT molecular complexity index is 1250. The van der Waals surface area contributed by atoms with Crippen molar-refractivity contribution in [1.29, 1.82) is 0 Å². The lowest BCUT2D eigenvalue weighted by Crippen LogP contribution is -2.39. The standard InChI is InChI=1S/C27H34N4O3S/c1-16-24-17(25(32)34-27(16,4)5)8-11-22(31-24)30-23-14-18-19(15-29-23)21(33-12-7-13-35-6)10-9-20(18)26(2,3)28/h8-11,14-16H,7,12-13,28H2,1-6H3,(H,29,30,31). The van der Waals surface area contributed by atoms with Crippen LogP contribution in [-0.4, -0.2) is 40.2 Å². The molecule has 0 aliphatic carbocycles. The van der Waals surface area contributed by atoms with Gasteiger partial charge in [-0.2, -0.15) is 11.8 Å². The molecule has 3 N–H and O–H groups in total. The molecule has 0 amide bonds. The minimum Gasteiger partial charge on any atom is -0.493 e. The zero-order valence-electron chi connectivity index (χ0n) is 21.3. The number of nitrogens with one attached hydrogen (secondary N) is 1. The Morgan fingerprint density at radius 3 is 2.69 bits per heavy atom. The Labute approximate surface area is 211 Å². The first kappa shape index (κ1) is 25.3. The lowest BCUT2D eigenvalue weighted by atomic mass is 9.84. The van der Waals surface area contributed by atoms with Crippen molar-refractivity contribution in [1.82, 2.24) is 9.97 Å². The molecule has 1 unspecified atom stereocenters. The second-order valence-electron chi connectivity index (χ2n) is 10.1. The van der Waals surface area contributed by atoms with Gasteiger partial charge < -0.3 is 20.5 Å². The maximum Gasteiger partial charge on any atom is 0.340 e. The minimum atomic E-state index is -0.620. The third kappa shape index (κ3) is 5.23. The van der Waals surface area contributed by atoms with Crippen molar-refractivity contribution >= 4 is 40.1 Å². The highest BCUT2D eigenvalue weighted by molar-refractivity contribution is 7.98. The normalized spacial score (nSPS) is 17.1. The van der Waals surface area contributed by atoms with E-state index in [1.165, 1.54) is 0 Å². The van der Waals surface area contributed by atoms with E-state index in [-0.39, 0.29) is 11.9 Å². The van der Waals surface area contributed by atoms with Gasteiger partial charge in [0.25, 0.3) is 0 Å². The smallest absolute Gasteiger partial charge is 0.340 e. The summed E-state index contributed by atoms with van der Waals surface area (Å²) in [6.07, 6.45) is 4.89. The van der Waals surface area contributed by atoms with Gasteiger partial charge in [0.05, 0.1) is 17.9 Å². The largest absolute Gasteiger partial charge is 0.493 e. The van der Waals surface area contributed by atoms with Crippen LogP contribution < -0.4 is 15.8 Å². The predicted octanol–water partition coefficient (Wildman–Crippen LogP) is 5.75. The molecule has 1 aliphatic heterocycles. The molecule has 0 radical (unpaired) electrons. The van der Waals surface area contributed by atoms with E-state index >= 15 is 0 Å². The van der Waals surface area contributed by atoms with Crippen LogP contribution in [0.4, 0.5) is 11.6 Å². The third-order valence-electron chi connectivity index (χ3n) is 6.51. The average Bonchev–Trinajstić information content (AvgIpc) is 2.79. The molecule has 2 aromatic heterocycles. The number of anilines is 2. The first-order valence-electron chi connectivity index (χ1n) is 11.9. The summed E-state index contributed by atoms with van der Waals surface area (Å²) in [5.74, 6) is 2.73. The van der Waals surface area contributed by atoms with Crippen LogP contribution >= 0.6 is 11.8 Å². The monoisotopic (exact) mass is 494 g/mol. The van der Waals surface area contributed by atoms with Gasteiger partial charge in [0, 0.05) is 23.0 Å². The van der Waals surface area contributed by atoms with E-state index in [0.29, 0.717) is 23.8 Å². The van der Waals surface area contributed by atoms with Gasteiger partial charge in [-0.1, -0.05) is 13.0 Å². The zero-order valence-corrected chi connectivity index (χ0v) is 22.1. The average molecular weight is 495 g/mol. The molecule has 0 bridgehead atoms. The maximum atomic E-state index is 12.4. The van der Waals surface area contributed by atoms with E-state index in [1.54, 1.807) is 12.1 Å². The molecular weight excluding hydrogens is 460 g/mol. The number of hydrogen-bond acceptors (Lipinski definition) is 8. The molecule has 8 heteroatoms. The molecule has 186 valence electrons. The molecule has 0 saturated carbocycles. The van der Waals surface area contributed by atoms with Crippen molar-refractivity contribution in [3.8, 4) is 5.75 Å². The summed E-state index contributed by atoms with van der Waals surface area (Å²) in [5, 5.41) is 5.21. The van der Waals surface area contributed by atoms with Gasteiger partial charge >= 0.3 is 5.97 Å². The van der Waals surface area contributed by atoms with Gasteiger partial charge in [-0.25, -0.2) is 14.8 Å². The van der Waals surface area contributed by atoms with Gasteiger partial charge in [-0.15, -0.1) is 0 Å². The predicted molar refractivity (Wildman–Crippen MR) is 143 cm³/mol. The number of benzene rings is 1. The molecule has 1 atom stereocenters. The van der Waals surface area contributed by atoms with Gasteiger partial charge in [0.15, 0.2) is 0 Å². The summed E-state index contributed by atoms with van der Waals surface area (Å²) in [7, 11) is 0. The molecule has 1 aliphatic rings. The Hall–Kier alpha value is -2.84. The Balaban J connectivity index is 1.69. The fraction of sp³-hybridized carbons (Fsp3) is 0.444. The Kier molecular flexibility index (Phi) is 6.97. The number of fused-ring (bicyclic) bond motifs is 2. The van der Waals surface area contributed by atoms with Crippen LogP contribution in [0.25, 0.3) is 10.8 Å². The lowest BCUT2D eigenvalue weighted by molar-refractivity contribution is -0.0189. The van der Waals surface area contributed by atoms with Gasteiger partial charge in [-0.05, 0) is 81.3 Å². The summed E-state index contributed by atoms with van der Waals surface area (Å²) in [4.78, 5) is 21.8. The van der Waals surface area contributed by atoms with Crippen molar-refractivity contribution in [2.24, 2.45) is 5.73 Å². The quantitative estimate of drug-likeness (QED) is 0.302. The van der Waals surface area contributed by atoms with Crippen LogP contribution in [0.5, 0.6) is 5.75 Å². The number of carbonyl (C=O) groups is 1. The topological polar surface area (TPSA) is 99.4 Å². The van der Waals surface area contributed by atoms with E-state index < -0.39 is 11.1 Å². The van der Waals surface area contributed by atoms with Gasteiger partial charge in [-0.3, -0.25) is 0 Å². The van der Waals surface area contributed by atoms with Crippen molar-refractivity contribution in [2.75, 3.05) is 23.9 Å². The summed E-state index contributed by atoms with van der Waals surface area (Å²) >= 11 is 1.81. The Morgan fingerprint density at radius 1 is 1.20 bits per heavy atom. The van der Waals surface area contributed by atoms with Crippen LogP contribution in [0.2, 0.25) is 0 Å². The summed E-state index contributed by atoms with van der Waals surface area (Å²) in [6, 6.07) is 9.53.